The molecule has 5 nitrogen and oxygen atoms in total. The van der Waals surface area contributed by atoms with Gasteiger partial charge in [0.25, 0.3) is 0 Å². The van der Waals surface area contributed by atoms with E-state index in [4.69, 9.17) is 18.9 Å². The Labute approximate surface area is 111 Å². The van der Waals surface area contributed by atoms with E-state index in [1.165, 1.54) is 0 Å². The van der Waals surface area contributed by atoms with Crippen molar-refractivity contribution in [2.24, 2.45) is 0 Å². The summed E-state index contributed by atoms with van der Waals surface area (Å²) in [6, 6.07) is 7.47. The van der Waals surface area contributed by atoms with Crippen molar-refractivity contribution < 1.29 is 23.7 Å². The summed E-state index contributed by atoms with van der Waals surface area (Å²) in [4.78, 5) is 11.1. The van der Waals surface area contributed by atoms with E-state index in [9.17, 15) is 4.79 Å². The van der Waals surface area contributed by atoms with Gasteiger partial charge in [-0.3, -0.25) is 0 Å². The van der Waals surface area contributed by atoms with Crippen molar-refractivity contribution >= 4 is 6.16 Å². The lowest BCUT2D eigenvalue weighted by molar-refractivity contribution is -0.0999. The Morgan fingerprint density at radius 3 is 2.63 bits per heavy atom. The van der Waals surface area contributed by atoms with Crippen LogP contribution in [0.3, 0.4) is 0 Å². The average molecular weight is 264 g/mol. The minimum atomic E-state index is -0.706. The Bertz CT molecular complexity index is 451. The van der Waals surface area contributed by atoms with Crippen molar-refractivity contribution in [1.29, 1.82) is 0 Å². The molecule has 0 aliphatic carbocycles. The first-order chi connectivity index (χ1) is 9.22. The molecular weight excluding hydrogens is 248 g/mol. The summed E-state index contributed by atoms with van der Waals surface area (Å²) in [5.74, 6) is 0.783. The van der Waals surface area contributed by atoms with E-state index in [1.54, 1.807) is 19.3 Å². The van der Waals surface area contributed by atoms with Gasteiger partial charge >= 0.3 is 6.16 Å². The molecule has 1 saturated heterocycles. The maximum atomic E-state index is 11.1. The fourth-order valence-corrected chi connectivity index (χ4v) is 1.71. The van der Waals surface area contributed by atoms with Crippen LogP contribution in [-0.4, -0.2) is 25.7 Å². The van der Waals surface area contributed by atoms with Gasteiger partial charge in [0, 0.05) is 0 Å². The molecule has 0 aromatic heterocycles. The topological polar surface area (TPSA) is 54.0 Å². The van der Waals surface area contributed by atoms with Crippen LogP contribution in [0.5, 0.6) is 5.75 Å². The maximum Gasteiger partial charge on any atom is 0.511 e. The Kier molecular flexibility index (Phi) is 4.41. The van der Waals surface area contributed by atoms with Crippen LogP contribution in [-0.2, 0) is 20.8 Å². The molecule has 0 radical (unpaired) electrons. The summed E-state index contributed by atoms with van der Waals surface area (Å²) >= 11 is 0. The zero-order chi connectivity index (χ0) is 13.7. The van der Waals surface area contributed by atoms with E-state index in [0.29, 0.717) is 6.61 Å². The lowest BCUT2D eigenvalue weighted by Crippen LogP contribution is -2.23. The van der Waals surface area contributed by atoms with Crippen LogP contribution in [0.4, 0.5) is 4.79 Å². The first-order valence-corrected chi connectivity index (χ1v) is 5.97. The van der Waals surface area contributed by atoms with Gasteiger partial charge in [-0.05, 0) is 30.7 Å². The molecule has 5 heteroatoms. The zero-order valence-electron chi connectivity index (χ0n) is 10.9. The number of carbonyl (C=O) groups excluding carboxylic acids is 1. The minimum Gasteiger partial charge on any atom is -0.497 e. The number of allylic oxidation sites excluding steroid dienone is 1. The quantitative estimate of drug-likeness (QED) is 0.604. The van der Waals surface area contributed by atoms with E-state index in [0.717, 1.165) is 11.3 Å². The molecule has 0 unspecified atom stereocenters. The van der Waals surface area contributed by atoms with E-state index in [2.05, 4.69) is 0 Å². The highest BCUT2D eigenvalue weighted by Crippen LogP contribution is 2.20. The number of ether oxygens (including phenoxy) is 4. The van der Waals surface area contributed by atoms with E-state index < -0.39 is 18.5 Å². The molecule has 1 aromatic carbocycles. The number of methoxy groups -OCH3 is 1. The average Bonchev–Trinajstić information content (AvgIpc) is 2.78. The summed E-state index contributed by atoms with van der Waals surface area (Å²) in [5, 5.41) is 0. The van der Waals surface area contributed by atoms with Crippen molar-refractivity contribution in [2.75, 3.05) is 7.11 Å². The molecule has 1 heterocycles. The number of rotatable bonds is 5. The molecular formula is C14H16O5. The van der Waals surface area contributed by atoms with Gasteiger partial charge < -0.3 is 18.9 Å². The predicted octanol–water partition coefficient (Wildman–Crippen LogP) is 2.65. The first kappa shape index (κ1) is 13.4. The van der Waals surface area contributed by atoms with Crippen LogP contribution >= 0.6 is 0 Å². The SMILES string of the molecule is C/C=C/[C@@H]1OC(=O)O[C@@H]1OCc1ccc(OC)cc1. The molecule has 0 saturated carbocycles. The highest BCUT2D eigenvalue weighted by Gasteiger charge is 2.35. The Hall–Kier alpha value is -2.01. The summed E-state index contributed by atoms with van der Waals surface area (Å²) in [5.41, 5.74) is 0.961. The van der Waals surface area contributed by atoms with Crippen molar-refractivity contribution in [2.45, 2.75) is 25.9 Å². The second-order valence-electron chi connectivity index (χ2n) is 4.00. The van der Waals surface area contributed by atoms with E-state index in [1.807, 2.05) is 31.2 Å². The van der Waals surface area contributed by atoms with Crippen molar-refractivity contribution in [3.63, 3.8) is 0 Å². The predicted molar refractivity (Wildman–Crippen MR) is 67.7 cm³/mol. The highest BCUT2D eigenvalue weighted by molar-refractivity contribution is 5.62. The van der Waals surface area contributed by atoms with Crippen LogP contribution in [0.2, 0.25) is 0 Å². The van der Waals surface area contributed by atoms with Gasteiger partial charge in [-0.15, -0.1) is 0 Å². The summed E-state index contributed by atoms with van der Waals surface area (Å²) in [6.07, 6.45) is 1.62. The molecule has 102 valence electrons. The Morgan fingerprint density at radius 1 is 1.26 bits per heavy atom. The van der Waals surface area contributed by atoms with Gasteiger partial charge in [0.15, 0.2) is 6.10 Å². The molecule has 1 aliphatic heterocycles. The minimum absolute atomic E-state index is 0.333. The smallest absolute Gasteiger partial charge is 0.497 e. The molecule has 1 aliphatic rings. The Balaban J connectivity index is 1.91. The summed E-state index contributed by atoms with van der Waals surface area (Å²) < 4.78 is 20.5. The Morgan fingerprint density at radius 2 is 2.00 bits per heavy atom. The van der Waals surface area contributed by atoms with Crippen LogP contribution in [0.1, 0.15) is 12.5 Å². The molecule has 0 N–H and O–H groups in total. The highest BCUT2D eigenvalue weighted by atomic mass is 16.8. The van der Waals surface area contributed by atoms with Gasteiger partial charge in [0.1, 0.15) is 5.75 Å². The standard InChI is InChI=1S/C14H16O5/c1-3-4-12-13(19-14(15)18-12)17-9-10-5-7-11(16-2)8-6-10/h3-8,12-13H,9H2,1-2H3/b4-3+/t12-,13-/m0/s1. The fraction of sp³-hybridized carbons (Fsp3) is 0.357. The zero-order valence-corrected chi connectivity index (χ0v) is 10.9. The number of cyclic esters (lactones) is 2. The van der Waals surface area contributed by atoms with Crippen molar-refractivity contribution in [3.05, 3.63) is 42.0 Å². The third kappa shape index (κ3) is 3.48. The monoisotopic (exact) mass is 264 g/mol. The third-order valence-electron chi connectivity index (χ3n) is 2.67. The van der Waals surface area contributed by atoms with Crippen molar-refractivity contribution in [3.8, 4) is 5.75 Å². The lowest BCUT2D eigenvalue weighted by Gasteiger charge is -2.13. The molecule has 0 spiro atoms. The second kappa shape index (κ2) is 6.24. The second-order valence-corrected chi connectivity index (χ2v) is 4.00. The first-order valence-electron chi connectivity index (χ1n) is 5.97. The molecule has 0 amide bonds. The van der Waals surface area contributed by atoms with Gasteiger partial charge in [-0.25, -0.2) is 4.79 Å². The van der Waals surface area contributed by atoms with Crippen LogP contribution in [0.25, 0.3) is 0 Å². The van der Waals surface area contributed by atoms with Gasteiger partial charge in [0.05, 0.1) is 13.7 Å². The fourth-order valence-electron chi connectivity index (χ4n) is 1.71. The van der Waals surface area contributed by atoms with Crippen LogP contribution in [0, 0.1) is 0 Å². The normalized spacial score (nSPS) is 22.3. The third-order valence-corrected chi connectivity index (χ3v) is 2.67. The van der Waals surface area contributed by atoms with E-state index >= 15 is 0 Å². The summed E-state index contributed by atoms with van der Waals surface area (Å²) in [6.45, 7) is 2.17. The lowest BCUT2D eigenvalue weighted by atomic mass is 10.2. The number of hydrogen-bond acceptors (Lipinski definition) is 5. The molecule has 1 aromatic rings. The molecule has 19 heavy (non-hydrogen) atoms. The number of carbonyl (C=O) groups is 1. The van der Waals surface area contributed by atoms with Crippen LogP contribution < -0.4 is 4.74 Å². The largest absolute Gasteiger partial charge is 0.511 e. The summed E-state index contributed by atoms with van der Waals surface area (Å²) in [7, 11) is 1.61. The van der Waals surface area contributed by atoms with E-state index in [-0.39, 0.29) is 0 Å². The molecule has 2 rings (SSSR count). The van der Waals surface area contributed by atoms with Gasteiger partial charge in [0.2, 0.25) is 6.29 Å². The maximum absolute atomic E-state index is 11.1. The molecule has 0 bridgehead atoms. The molecule has 1 fully saturated rings. The number of hydrogen-bond donors (Lipinski definition) is 0. The number of benzene rings is 1. The van der Waals surface area contributed by atoms with Crippen molar-refractivity contribution in [1.82, 2.24) is 0 Å². The van der Waals surface area contributed by atoms with Gasteiger partial charge in [-0.1, -0.05) is 18.2 Å². The molecule has 2 atom stereocenters. The van der Waals surface area contributed by atoms with Gasteiger partial charge in [-0.2, -0.15) is 0 Å². The van der Waals surface area contributed by atoms with Crippen LogP contribution in [0.15, 0.2) is 36.4 Å².